The van der Waals surface area contributed by atoms with Gasteiger partial charge in [-0.1, -0.05) is 30.3 Å². The van der Waals surface area contributed by atoms with Gasteiger partial charge in [-0.25, -0.2) is 9.59 Å². The minimum atomic E-state index is -0.993. The number of benzene rings is 1. The summed E-state index contributed by atoms with van der Waals surface area (Å²) in [5.41, 5.74) is 1.12. The van der Waals surface area contributed by atoms with Crippen molar-refractivity contribution >= 4 is 12.1 Å². The molecule has 0 bridgehead atoms. The summed E-state index contributed by atoms with van der Waals surface area (Å²) in [6, 6.07) is 9.43. The summed E-state index contributed by atoms with van der Waals surface area (Å²) in [6.07, 6.45) is 0.673. The summed E-state index contributed by atoms with van der Waals surface area (Å²) >= 11 is 0. The lowest BCUT2D eigenvalue weighted by atomic mass is 10.2. The molecule has 22 heavy (non-hydrogen) atoms. The number of rotatable bonds is 4. The molecule has 1 N–H and O–H groups in total. The molecule has 1 aromatic carbocycles. The zero-order valence-corrected chi connectivity index (χ0v) is 12.4. The van der Waals surface area contributed by atoms with Gasteiger partial charge in [0, 0.05) is 12.1 Å². The molecule has 6 heteroatoms. The van der Waals surface area contributed by atoms with Gasteiger partial charge in [0.05, 0.1) is 19.3 Å². The average molecular weight is 305 g/mol. The Morgan fingerprint density at radius 3 is 2.82 bits per heavy atom. The van der Waals surface area contributed by atoms with Crippen molar-refractivity contribution < 1.29 is 24.2 Å². The molecule has 118 valence electrons. The predicted molar refractivity (Wildman–Crippen MR) is 79.3 cm³/mol. The molecule has 0 spiro atoms. The molecule has 1 heterocycles. The van der Waals surface area contributed by atoms with Crippen molar-refractivity contribution in [1.29, 1.82) is 0 Å². The number of carboxylic acids is 1. The van der Waals surface area contributed by atoms with E-state index in [0.29, 0.717) is 13.2 Å². The summed E-state index contributed by atoms with van der Waals surface area (Å²) in [5.74, 6) is -0.993. The lowest BCUT2D eigenvalue weighted by molar-refractivity contribution is -0.132. The van der Waals surface area contributed by atoms with Crippen molar-refractivity contribution in [3.05, 3.63) is 47.5 Å². The number of hydrogen-bond donors (Lipinski definition) is 1. The number of carbonyl (C=O) groups is 2. The van der Waals surface area contributed by atoms with Crippen LogP contribution in [0.2, 0.25) is 0 Å². The quantitative estimate of drug-likeness (QED) is 0.862. The van der Waals surface area contributed by atoms with Crippen molar-refractivity contribution in [3.8, 4) is 0 Å². The van der Waals surface area contributed by atoms with Gasteiger partial charge in [0.1, 0.15) is 6.61 Å². The van der Waals surface area contributed by atoms with Crippen LogP contribution in [0.25, 0.3) is 0 Å². The Hall–Kier alpha value is -2.34. The Morgan fingerprint density at radius 2 is 2.14 bits per heavy atom. The number of ether oxygens (including phenoxy) is 2. The third kappa shape index (κ3) is 4.60. The molecule has 1 amide bonds. The van der Waals surface area contributed by atoms with Crippen molar-refractivity contribution in [1.82, 2.24) is 4.90 Å². The molecule has 1 atom stereocenters. The van der Waals surface area contributed by atoms with Gasteiger partial charge in [-0.15, -0.1) is 0 Å². The summed E-state index contributed by atoms with van der Waals surface area (Å²) in [4.78, 5) is 24.4. The number of aliphatic carboxylic acids is 1. The molecular formula is C16H19NO5. The van der Waals surface area contributed by atoms with Crippen LogP contribution in [-0.2, 0) is 20.9 Å². The molecule has 1 aromatic rings. The lowest BCUT2D eigenvalue weighted by Crippen LogP contribution is -2.45. The van der Waals surface area contributed by atoms with E-state index in [0.717, 1.165) is 5.56 Å². The highest BCUT2D eigenvalue weighted by molar-refractivity contribution is 5.85. The van der Waals surface area contributed by atoms with Crippen LogP contribution in [0.3, 0.4) is 0 Å². The molecule has 1 aliphatic heterocycles. The topological polar surface area (TPSA) is 76.1 Å². The number of hydrogen-bond acceptors (Lipinski definition) is 4. The second-order valence-corrected chi connectivity index (χ2v) is 5.05. The molecule has 0 saturated carbocycles. The van der Waals surface area contributed by atoms with Gasteiger partial charge in [0.15, 0.2) is 0 Å². The van der Waals surface area contributed by atoms with E-state index in [2.05, 4.69) is 0 Å². The highest BCUT2D eigenvalue weighted by atomic mass is 16.6. The highest BCUT2D eigenvalue weighted by Crippen LogP contribution is 2.11. The predicted octanol–water partition coefficient (Wildman–Crippen LogP) is 2.05. The Morgan fingerprint density at radius 1 is 1.41 bits per heavy atom. The first-order chi connectivity index (χ1) is 10.6. The SMILES string of the molecule is C/C(=C\[C@@H]1CN(C(=O)OCc2ccccc2)CCO1)C(=O)O. The van der Waals surface area contributed by atoms with Gasteiger partial charge in [-0.2, -0.15) is 0 Å². The van der Waals surface area contributed by atoms with Crippen LogP contribution in [0.5, 0.6) is 0 Å². The second kappa shape index (κ2) is 7.61. The van der Waals surface area contributed by atoms with E-state index < -0.39 is 18.2 Å². The normalized spacial score (nSPS) is 18.9. The zero-order valence-electron chi connectivity index (χ0n) is 12.4. The lowest BCUT2D eigenvalue weighted by Gasteiger charge is -2.31. The number of morpholine rings is 1. The fraction of sp³-hybridized carbons (Fsp3) is 0.375. The molecule has 0 aliphatic carbocycles. The molecule has 1 saturated heterocycles. The van der Waals surface area contributed by atoms with Gasteiger partial charge in [-0.3, -0.25) is 0 Å². The second-order valence-electron chi connectivity index (χ2n) is 5.05. The maximum absolute atomic E-state index is 12.0. The number of nitrogens with zero attached hydrogens (tertiary/aromatic N) is 1. The van der Waals surface area contributed by atoms with E-state index in [4.69, 9.17) is 14.6 Å². The van der Waals surface area contributed by atoms with Gasteiger partial charge in [0.2, 0.25) is 0 Å². The first kappa shape index (κ1) is 16.0. The standard InChI is InChI=1S/C16H19NO5/c1-12(15(18)19)9-14-10-17(7-8-21-14)16(20)22-11-13-5-3-2-4-6-13/h2-6,9,14H,7-8,10-11H2,1H3,(H,18,19)/b12-9+/t14-/m1/s1. The number of amides is 1. The minimum absolute atomic E-state index is 0.199. The van der Waals surface area contributed by atoms with Crippen molar-refractivity contribution in [2.75, 3.05) is 19.7 Å². The highest BCUT2D eigenvalue weighted by Gasteiger charge is 2.24. The third-order valence-corrected chi connectivity index (χ3v) is 3.33. The Bertz CT molecular complexity index is 555. The van der Waals surface area contributed by atoms with E-state index in [1.165, 1.54) is 17.9 Å². The Balaban J connectivity index is 1.87. The van der Waals surface area contributed by atoms with Gasteiger partial charge in [0.25, 0.3) is 0 Å². The number of carboxylic acid groups (broad SMARTS) is 1. The van der Waals surface area contributed by atoms with Crippen LogP contribution in [0.1, 0.15) is 12.5 Å². The van der Waals surface area contributed by atoms with Crippen LogP contribution in [0, 0.1) is 0 Å². The fourth-order valence-electron chi connectivity index (χ4n) is 2.10. The molecule has 2 rings (SSSR count). The van der Waals surface area contributed by atoms with Crippen molar-refractivity contribution in [2.24, 2.45) is 0 Å². The average Bonchev–Trinajstić information content (AvgIpc) is 2.53. The van der Waals surface area contributed by atoms with Gasteiger partial charge >= 0.3 is 12.1 Å². The maximum atomic E-state index is 12.0. The van der Waals surface area contributed by atoms with E-state index in [-0.39, 0.29) is 18.7 Å². The monoisotopic (exact) mass is 305 g/mol. The maximum Gasteiger partial charge on any atom is 0.410 e. The largest absolute Gasteiger partial charge is 0.478 e. The minimum Gasteiger partial charge on any atom is -0.478 e. The van der Waals surface area contributed by atoms with Crippen LogP contribution in [0.4, 0.5) is 4.79 Å². The van der Waals surface area contributed by atoms with E-state index in [9.17, 15) is 9.59 Å². The zero-order chi connectivity index (χ0) is 15.9. The van der Waals surface area contributed by atoms with Crippen molar-refractivity contribution in [3.63, 3.8) is 0 Å². The molecule has 0 radical (unpaired) electrons. The molecular weight excluding hydrogens is 286 g/mol. The first-order valence-electron chi connectivity index (χ1n) is 7.05. The smallest absolute Gasteiger partial charge is 0.410 e. The molecule has 0 unspecified atom stereocenters. The fourth-order valence-corrected chi connectivity index (χ4v) is 2.10. The summed E-state index contributed by atoms with van der Waals surface area (Å²) in [5, 5.41) is 8.87. The van der Waals surface area contributed by atoms with Gasteiger partial charge < -0.3 is 19.5 Å². The molecule has 1 aliphatic rings. The Kier molecular flexibility index (Phi) is 5.55. The van der Waals surface area contributed by atoms with E-state index in [1.54, 1.807) is 0 Å². The summed E-state index contributed by atoms with van der Waals surface area (Å²) < 4.78 is 10.7. The van der Waals surface area contributed by atoms with Crippen molar-refractivity contribution in [2.45, 2.75) is 19.6 Å². The number of carbonyl (C=O) groups excluding carboxylic acids is 1. The van der Waals surface area contributed by atoms with Crippen LogP contribution < -0.4 is 0 Å². The Labute approximate surface area is 128 Å². The van der Waals surface area contributed by atoms with Gasteiger partial charge in [-0.05, 0) is 18.6 Å². The molecule has 0 aromatic heterocycles. The van der Waals surface area contributed by atoms with Crippen LogP contribution in [0.15, 0.2) is 42.0 Å². The first-order valence-corrected chi connectivity index (χ1v) is 7.05. The summed E-state index contributed by atoms with van der Waals surface area (Å²) in [7, 11) is 0. The molecule has 6 nitrogen and oxygen atoms in total. The van der Waals surface area contributed by atoms with Crippen LogP contribution in [-0.4, -0.2) is 47.9 Å². The van der Waals surface area contributed by atoms with E-state index >= 15 is 0 Å². The molecule has 1 fully saturated rings. The van der Waals surface area contributed by atoms with Crippen LogP contribution >= 0.6 is 0 Å². The van der Waals surface area contributed by atoms with E-state index in [1.807, 2.05) is 30.3 Å². The summed E-state index contributed by atoms with van der Waals surface area (Å²) in [6.45, 7) is 2.79. The third-order valence-electron chi connectivity index (χ3n) is 3.33.